The summed E-state index contributed by atoms with van der Waals surface area (Å²) in [6.07, 6.45) is 5.69. The second-order valence-electron chi connectivity index (χ2n) is 4.11. The van der Waals surface area contributed by atoms with Crippen LogP contribution in [0.4, 0.5) is 0 Å². The van der Waals surface area contributed by atoms with Crippen molar-refractivity contribution in [2.24, 2.45) is 0 Å². The fourth-order valence-corrected chi connectivity index (χ4v) is 2.57. The summed E-state index contributed by atoms with van der Waals surface area (Å²) in [5.41, 5.74) is 1.53. The summed E-state index contributed by atoms with van der Waals surface area (Å²) < 4.78 is 5.85. The van der Waals surface area contributed by atoms with E-state index in [1.54, 1.807) is 0 Å². The molecule has 0 unspecified atom stereocenters. The summed E-state index contributed by atoms with van der Waals surface area (Å²) >= 11 is 0. The van der Waals surface area contributed by atoms with E-state index in [2.05, 4.69) is 30.3 Å². The van der Waals surface area contributed by atoms with E-state index in [9.17, 15) is 0 Å². The Morgan fingerprint density at radius 3 is 2.77 bits per heavy atom. The Labute approximate surface area is 78.7 Å². The number of rotatable bonds is 1. The van der Waals surface area contributed by atoms with E-state index < -0.39 is 0 Å². The molecular formula is C12H14O. The number of ether oxygens (including phenoxy) is 1. The van der Waals surface area contributed by atoms with E-state index in [1.807, 2.05) is 0 Å². The van der Waals surface area contributed by atoms with E-state index in [1.165, 1.54) is 31.2 Å². The molecule has 2 atom stereocenters. The Kier molecular flexibility index (Phi) is 1.50. The first-order chi connectivity index (χ1) is 6.42. The van der Waals surface area contributed by atoms with Crippen LogP contribution in [-0.2, 0) is 10.3 Å². The van der Waals surface area contributed by atoms with Crippen LogP contribution < -0.4 is 0 Å². The van der Waals surface area contributed by atoms with Crippen molar-refractivity contribution in [1.29, 1.82) is 0 Å². The predicted molar refractivity (Wildman–Crippen MR) is 51.5 cm³/mol. The van der Waals surface area contributed by atoms with E-state index in [0.717, 1.165) is 0 Å². The molecule has 1 saturated carbocycles. The van der Waals surface area contributed by atoms with Gasteiger partial charge in [0.1, 0.15) is 5.60 Å². The molecule has 1 heteroatoms. The molecule has 0 spiro atoms. The zero-order chi connectivity index (χ0) is 8.73. The lowest BCUT2D eigenvalue weighted by molar-refractivity contribution is 0.289. The first kappa shape index (κ1) is 7.57. The van der Waals surface area contributed by atoms with Crippen molar-refractivity contribution in [2.45, 2.75) is 37.4 Å². The quantitative estimate of drug-likeness (QED) is 0.596. The van der Waals surface area contributed by atoms with Crippen LogP contribution in [0.25, 0.3) is 0 Å². The molecule has 0 radical (unpaired) electrons. The number of epoxide rings is 1. The highest BCUT2D eigenvalue weighted by molar-refractivity contribution is 5.29. The maximum Gasteiger partial charge on any atom is 0.120 e. The van der Waals surface area contributed by atoms with Crippen molar-refractivity contribution in [1.82, 2.24) is 0 Å². The average Bonchev–Trinajstić information content (AvgIpc) is 2.94. The number of benzene rings is 1. The molecule has 0 aromatic heterocycles. The largest absolute Gasteiger partial charge is 0.361 e. The Bertz CT molecular complexity index is 306. The molecule has 1 aromatic carbocycles. The Hall–Kier alpha value is -0.820. The molecule has 0 amide bonds. The number of hydrogen-bond acceptors (Lipinski definition) is 1. The van der Waals surface area contributed by atoms with Gasteiger partial charge in [-0.1, -0.05) is 43.2 Å². The number of hydrogen-bond donors (Lipinski definition) is 0. The normalized spacial score (nSPS) is 36.8. The minimum Gasteiger partial charge on any atom is -0.361 e. The van der Waals surface area contributed by atoms with Gasteiger partial charge < -0.3 is 4.74 Å². The molecule has 1 nitrogen and oxygen atoms in total. The molecule has 0 bridgehead atoms. The minimum atomic E-state index is 0.138. The van der Waals surface area contributed by atoms with Gasteiger partial charge in [0.15, 0.2) is 0 Å². The number of fused-ring (bicyclic) bond motifs is 1. The predicted octanol–water partition coefficient (Wildman–Crippen LogP) is 2.85. The van der Waals surface area contributed by atoms with Gasteiger partial charge in [-0.15, -0.1) is 0 Å². The third-order valence-corrected chi connectivity index (χ3v) is 3.34. The second kappa shape index (κ2) is 2.58. The summed E-state index contributed by atoms with van der Waals surface area (Å²) in [6.45, 7) is 0. The zero-order valence-electron chi connectivity index (χ0n) is 7.70. The molecule has 68 valence electrons. The first-order valence-electron chi connectivity index (χ1n) is 5.15. The highest BCUT2D eigenvalue weighted by atomic mass is 16.6. The summed E-state index contributed by atoms with van der Waals surface area (Å²) in [6, 6.07) is 10.7. The van der Waals surface area contributed by atoms with Crippen LogP contribution in [0.5, 0.6) is 0 Å². The van der Waals surface area contributed by atoms with Crippen molar-refractivity contribution < 1.29 is 4.74 Å². The lowest BCUT2D eigenvalue weighted by Gasteiger charge is -2.17. The van der Waals surface area contributed by atoms with Gasteiger partial charge in [0.05, 0.1) is 6.10 Å². The fraction of sp³-hybridized carbons (Fsp3) is 0.500. The van der Waals surface area contributed by atoms with Gasteiger partial charge in [-0.2, -0.15) is 0 Å². The van der Waals surface area contributed by atoms with E-state index in [0.29, 0.717) is 6.10 Å². The molecule has 1 aromatic rings. The van der Waals surface area contributed by atoms with Crippen molar-refractivity contribution in [3.8, 4) is 0 Å². The molecule has 1 aliphatic carbocycles. The molecule has 1 heterocycles. The average molecular weight is 174 g/mol. The minimum absolute atomic E-state index is 0.138. The highest BCUT2D eigenvalue weighted by Crippen LogP contribution is 2.54. The standard InChI is InChI=1S/C12H14O/c1-2-6-10(7-3-1)12-9-5-4-8-11(12)13-12/h1-3,6-7,11H,4-5,8-9H2/t11-,12-/m1/s1. The molecule has 0 N–H and O–H groups in total. The molecule has 3 rings (SSSR count). The topological polar surface area (TPSA) is 12.5 Å². The Balaban J connectivity index is 1.94. The smallest absolute Gasteiger partial charge is 0.120 e. The van der Waals surface area contributed by atoms with Gasteiger partial charge in [-0.3, -0.25) is 0 Å². The molecule has 13 heavy (non-hydrogen) atoms. The molecule has 2 aliphatic rings. The van der Waals surface area contributed by atoms with E-state index >= 15 is 0 Å². The van der Waals surface area contributed by atoms with Crippen molar-refractivity contribution in [3.05, 3.63) is 35.9 Å². The van der Waals surface area contributed by atoms with Crippen molar-refractivity contribution in [3.63, 3.8) is 0 Å². The first-order valence-corrected chi connectivity index (χ1v) is 5.15. The molecular weight excluding hydrogens is 160 g/mol. The maximum atomic E-state index is 5.85. The third kappa shape index (κ3) is 1.03. The maximum absolute atomic E-state index is 5.85. The molecule has 1 saturated heterocycles. The summed E-state index contributed by atoms with van der Waals surface area (Å²) in [5, 5.41) is 0. The monoisotopic (exact) mass is 174 g/mol. The second-order valence-corrected chi connectivity index (χ2v) is 4.11. The Morgan fingerprint density at radius 2 is 2.00 bits per heavy atom. The van der Waals surface area contributed by atoms with Gasteiger partial charge in [0.25, 0.3) is 0 Å². The Morgan fingerprint density at radius 1 is 1.15 bits per heavy atom. The third-order valence-electron chi connectivity index (χ3n) is 3.34. The van der Waals surface area contributed by atoms with Gasteiger partial charge in [-0.25, -0.2) is 0 Å². The lowest BCUT2D eigenvalue weighted by atomic mass is 9.84. The van der Waals surface area contributed by atoms with Gasteiger partial charge >= 0.3 is 0 Å². The van der Waals surface area contributed by atoms with Crippen LogP contribution in [0.15, 0.2) is 30.3 Å². The van der Waals surface area contributed by atoms with Crippen LogP contribution in [0.1, 0.15) is 31.2 Å². The molecule has 2 fully saturated rings. The fourth-order valence-electron chi connectivity index (χ4n) is 2.57. The van der Waals surface area contributed by atoms with Gasteiger partial charge in [0, 0.05) is 0 Å². The summed E-state index contributed by atoms with van der Waals surface area (Å²) in [7, 11) is 0. The zero-order valence-corrected chi connectivity index (χ0v) is 7.70. The molecule has 1 aliphatic heterocycles. The van der Waals surface area contributed by atoms with Crippen LogP contribution in [0.2, 0.25) is 0 Å². The highest BCUT2D eigenvalue weighted by Gasteiger charge is 2.57. The van der Waals surface area contributed by atoms with Crippen LogP contribution in [0.3, 0.4) is 0 Å². The SMILES string of the molecule is c1ccc([C@]23CCCC[C@H]2O3)cc1. The van der Waals surface area contributed by atoms with Crippen LogP contribution in [0, 0.1) is 0 Å². The van der Waals surface area contributed by atoms with Crippen molar-refractivity contribution >= 4 is 0 Å². The van der Waals surface area contributed by atoms with Crippen LogP contribution >= 0.6 is 0 Å². The van der Waals surface area contributed by atoms with E-state index in [4.69, 9.17) is 4.74 Å². The van der Waals surface area contributed by atoms with Gasteiger partial charge in [0.2, 0.25) is 0 Å². The summed E-state index contributed by atoms with van der Waals surface area (Å²) in [4.78, 5) is 0. The summed E-state index contributed by atoms with van der Waals surface area (Å²) in [5.74, 6) is 0. The van der Waals surface area contributed by atoms with Crippen molar-refractivity contribution in [2.75, 3.05) is 0 Å². The van der Waals surface area contributed by atoms with Crippen LogP contribution in [-0.4, -0.2) is 6.10 Å². The van der Waals surface area contributed by atoms with Gasteiger partial charge in [-0.05, 0) is 18.4 Å². The van der Waals surface area contributed by atoms with E-state index in [-0.39, 0.29) is 5.60 Å². The lowest BCUT2D eigenvalue weighted by Crippen LogP contribution is -2.16.